The monoisotopic (exact) mass is 301 g/mol. The van der Waals surface area contributed by atoms with Gasteiger partial charge in [0.2, 0.25) is 10.0 Å². The van der Waals surface area contributed by atoms with Gasteiger partial charge in [0, 0.05) is 19.0 Å². The van der Waals surface area contributed by atoms with Crippen LogP contribution in [-0.2, 0) is 10.0 Å². The van der Waals surface area contributed by atoms with Crippen LogP contribution in [0.1, 0.15) is 20.3 Å². The van der Waals surface area contributed by atoms with E-state index in [1.165, 1.54) is 16.4 Å². The smallest absolute Gasteiger partial charge is 0.243 e. The zero-order chi connectivity index (χ0) is 14.8. The summed E-state index contributed by atoms with van der Waals surface area (Å²) in [5.74, 6) is 0.468. The Hall–Kier alpha value is -1.14. The average molecular weight is 301 g/mol. The number of rotatable bonds is 5. The molecule has 0 saturated carbocycles. The number of ether oxygens (including phenoxy) is 1. The molecule has 2 rings (SSSR count). The van der Waals surface area contributed by atoms with E-state index in [-0.39, 0.29) is 23.5 Å². The molecule has 1 atom stereocenters. The minimum Gasteiger partial charge on any atom is -0.491 e. The van der Waals surface area contributed by atoms with E-state index < -0.39 is 16.7 Å². The van der Waals surface area contributed by atoms with Crippen LogP contribution >= 0.6 is 0 Å². The molecule has 0 radical (unpaired) electrons. The first-order valence-corrected chi connectivity index (χ1v) is 8.20. The summed E-state index contributed by atoms with van der Waals surface area (Å²) < 4.78 is 44.2. The summed E-state index contributed by atoms with van der Waals surface area (Å²) in [7, 11) is -3.52. The lowest BCUT2D eigenvalue weighted by Crippen LogP contribution is -2.29. The van der Waals surface area contributed by atoms with Crippen LogP contribution in [0.25, 0.3) is 0 Å². The molecule has 1 heterocycles. The van der Waals surface area contributed by atoms with Crippen molar-refractivity contribution in [3.05, 3.63) is 24.3 Å². The summed E-state index contributed by atoms with van der Waals surface area (Å²) in [5, 5.41) is 0. The Bertz CT molecular complexity index is 542. The Morgan fingerprint density at radius 1 is 1.35 bits per heavy atom. The SMILES string of the molecule is CC(C)Oc1ccc(S(=O)(=O)N2CC[C@H](CF)C2)cc1. The normalized spacial score (nSPS) is 20.5. The lowest BCUT2D eigenvalue weighted by atomic mass is 10.1. The van der Waals surface area contributed by atoms with Gasteiger partial charge in [-0.1, -0.05) is 0 Å². The maximum atomic E-state index is 12.6. The molecule has 0 aromatic heterocycles. The van der Waals surface area contributed by atoms with Crippen molar-refractivity contribution in [3.63, 3.8) is 0 Å². The molecule has 112 valence electrons. The number of sulfonamides is 1. The molecule has 0 N–H and O–H groups in total. The molecular weight excluding hydrogens is 281 g/mol. The van der Waals surface area contributed by atoms with Crippen molar-refractivity contribution in [2.24, 2.45) is 5.92 Å². The van der Waals surface area contributed by atoms with E-state index in [9.17, 15) is 12.8 Å². The predicted molar refractivity (Wildman–Crippen MR) is 75.0 cm³/mol. The highest BCUT2D eigenvalue weighted by molar-refractivity contribution is 7.89. The van der Waals surface area contributed by atoms with E-state index in [1.807, 2.05) is 13.8 Å². The maximum Gasteiger partial charge on any atom is 0.243 e. The molecule has 4 nitrogen and oxygen atoms in total. The maximum absolute atomic E-state index is 12.6. The van der Waals surface area contributed by atoms with Crippen molar-refractivity contribution in [2.45, 2.75) is 31.3 Å². The zero-order valence-electron chi connectivity index (χ0n) is 11.8. The van der Waals surface area contributed by atoms with E-state index in [4.69, 9.17) is 4.74 Å². The van der Waals surface area contributed by atoms with Gasteiger partial charge in [-0.25, -0.2) is 8.42 Å². The van der Waals surface area contributed by atoms with Gasteiger partial charge in [0.05, 0.1) is 17.7 Å². The highest BCUT2D eigenvalue weighted by Gasteiger charge is 2.32. The molecule has 1 fully saturated rings. The van der Waals surface area contributed by atoms with Gasteiger partial charge in [0.15, 0.2) is 0 Å². The fourth-order valence-electron chi connectivity index (χ4n) is 2.25. The second-order valence-electron chi connectivity index (χ2n) is 5.31. The fraction of sp³-hybridized carbons (Fsp3) is 0.571. The van der Waals surface area contributed by atoms with E-state index in [0.29, 0.717) is 18.7 Å². The third kappa shape index (κ3) is 3.30. The van der Waals surface area contributed by atoms with Crippen LogP contribution < -0.4 is 4.74 Å². The largest absolute Gasteiger partial charge is 0.491 e. The number of hydrogen-bond donors (Lipinski definition) is 0. The summed E-state index contributed by atoms with van der Waals surface area (Å²) in [5.41, 5.74) is 0. The molecule has 0 spiro atoms. The number of nitrogens with zero attached hydrogens (tertiary/aromatic N) is 1. The molecule has 0 bridgehead atoms. The van der Waals surface area contributed by atoms with Crippen LogP contribution in [0.2, 0.25) is 0 Å². The Morgan fingerprint density at radius 2 is 2.00 bits per heavy atom. The van der Waals surface area contributed by atoms with Crippen LogP contribution in [0.4, 0.5) is 4.39 Å². The van der Waals surface area contributed by atoms with Crippen molar-refractivity contribution in [1.82, 2.24) is 4.31 Å². The third-order valence-electron chi connectivity index (χ3n) is 3.30. The van der Waals surface area contributed by atoms with Gasteiger partial charge in [-0.15, -0.1) is 0 Å². The van der Waals surface area contributed by atoms with Crippen LogP contribution in [-0.4, -0.2) is 38.6 Å². The average Bonchev–Trinajstić information content (AvgIpc) is 2.88. The van der Waals surface area contributed by atoms with Gasteiger partial charge in [0.25, 0.3) is 0 Å². The first-order chi connectivity index (χ1) is 9.43. The summed E-state index contributed by atoms with van der Waals surface area (Å²) in [4.78, 5) is 0.230. The molecule has 6 heteroatoms. The number of alkyl halides is 1. The third-order valence-corrected chi connectivity index (χ3v) is 5.18. The standard InChI is InChI=1S/C14H20FNO3S/c1-11(2)19-13-3-5-14(6-4-13)20(17,18)16-8-7-12(9-15)10-16/h3-6,11-12H,7-10H2,1-2H3/t12-/m1/s1. The van der Waals surface area contributed by atoms with Gasteiger partial charge in [-0.2, -0.15) is 4.31 Å². The highest BCUT2D eigenvalue weighted by Crippen LogP contribution is 2.26. The van der Waals surface area contributed by atoms with E-state index in [0.717, 1.165) is 0 Å². The molecular formula is C14H20FNO3S. The van der Waals surface area contributed by atoms with E-state index in [1.54, 1.807) is 12.1 Å². The summed E-state index contributed by atoms with van der Waals surface area (Å²) in [6.45, 7) is 4.01. The van der Waals surface area contributed by atoms with Gasteiger partial charge in [-0.05, 0) is 44.5 Å². The lowest BCUT2D eigenvalue weighted by Gasteiger charge is -2.16. The number of hydrogen-bond acceptors (Lipinski definition) is 3. The highest BCUT2D eigenvalue weighted by atomic mass is 32.2. The van der Waals surface area contributed by atoms with Gasteiger partial charge < -0.3 is 4.74 Å². The van der Waals surface area contributed by atoms with Gasteiger partial charge in [-0.3, -0.25) is 4.39 Å². The Kier molecular flexibility index (Phi) is 4.65. The van der Waals surface area contributed by atoms with Crippen molar-refractivity contribution in [3.8, 4) is 5.75 Å². The quantitative estimate of drug-likeness (QED) is 0.839. The Labute approximate surface area is 119 Å². The van der Waals surface area contributed by atoms with Crippen molar-refractivity contribution in [2.75, 3.05) is 19.8 Å². The second kappa shape index (κ2) is 6.10. The molecule has 20 heavy (non-hydrogen) atoms. The second-order valence-corrected chi connectivity index (χ2v) is 7.25. The van der Waals surface area contributed by atoms with Crippen molar-refractivity contribution < 1.29 is 17.5 Å². The minimum absolute atomic E-state index is 0.0429. The Balaban J connectivity index is 2.14. The molecule has 0 aliphatic carbocycles. The Morgan fingerprint density at radius 3 is 2.50 bits per heavy atom. The number of halogens is 1. The van der Waals surface area contributed by atoms with Crippen molar-refractivity contribution in [1.29, 1.82) is 0 Å². The van der Waals surface area contributed by atoms with Gasteiger partial charge >= 0.3 is 0 Å². The van der Waals surface area contributed by atoms with Crippen LogP contribution in [0, 0.1) is 5.92 Å². The summed E-state index contributed by atoms with van der Waals surface area (Å²) in [6, 6.07) is 6.37. The molecule has 0 unspecified atom stereocenters. The summed E-state index contributed by atoms with van der Waals surface area (Å²) in [6.07, 6.45) is 0.630. The molecule has 1 aromatic rings. The van der Waals surface area contributed by atoms with Crippen molar-refractivity contribution >= 4 is 10.0 Å². The van der Waals surface area contributed by atoms with E-state index in [2.05, 4.69) is 0 Å². The van der Waals surface area contributed by atoms with Gasteiger partial charge in [0.1, 0.15) is 5.75 Å². The topological polar surface area (TPSA) is 46.6 Å². The molecule has 0 amide bonds. The first-order valence-electron chi connectivity index (χ1n) is 6.76. The summed E-state index contributed by atoms with van der Waals surface area (Å²) >= 11 is 0. The molecule has 1 aliphatic heterocycles. The number of benzene rings is 1. The molecule has 1 aromatic carbocycles. The van der Waals surface area contributed by atoms with Crippen LogP contribution in [0.15, 0.2) is 29.2 Å². The zero-order valence-corrected chi connectivity index (χ0v) is 12.6. The van der Waals surface area contributed by atoms with Crippen LogP contribution in [0.5, 0.6) is 5.75 Å². The predicted octanol–water partition coefficient (Wildman–Crippen LogP) is 2.45. The minimum atomic E-state index is -3.52. The lowest BCUT2D eigenvalue weighted by molar-refractivity contribution is 0.242. The van der Waals surface area contributed by atoms with E-state index >= 15 is 0 Å². The fourth-order valence-corrected chi connectivity index (χ4v) is 3.78. The first kappa shape index (κ1) is 15.3. The molecule has 1 aliphatic rings. The van der Waals surface area contributed by atoms with Crippen LogP contribution in [0.3, 0.4) is 0 Å². The molecule has 1 saturated heterocycles.